The van der Waals surface area contributed by atoms with Crippen LogP contribution in [0.1, 0.15) is 11.5 Å². The third-order valence-electron chi connectivity index (χ3n) is 1.58. The SMILES string of the molecule is O=C(O)C(C(=O)O)c1ccnc(Cl)c1. The van der Waals surface area contributed by atoms with Crippen molar-refractivity contribution in [2.24, 2.45) is 0 Å². The summed E-state index contributed by atoms with van der Waals surface area (Å²) in [6, 6.07) is 2.52. The Morgan fingerprint density at radius 1 is 1.36 bits per heavy atom. The lowest BCUT2D eigenvalue weighted by atomic mass is 10.0. The van der Waals surface area contributed by atoms with Crippen LogP contribution in [0.2, 0.25) is 5.15 Å². The summed E-state index contributed by atoms with van der Waals surface area (Å²) in [5, 5.41) is 17.4. The third kappa shape index (κ3) is 2.20. The van der Waals surface area contributed by atoms with E-state index in [1.807, 2.05) is 0 Å². The van der Waals surface area contributed by atoms with Crippen molar-refractivity contribution in [1.29, 1.82) is 0 Å². The molecule has 14 heavy (non-hydrogen) atoms. The Kier molecular flexibility index (Phi) is 3.03. The van der Waals surface area contributed by atoms with E-state index in [4.69, 9.17) is 21.8 Å². The van der Waals surface area contributed by atoms with Crippen LogP contribution in [-0.4, -0.2) is 27.1 Å². The molecule has 1 aromatic heterocycles. The number of halogens is 1. The first-order valence-electron chi connectivity index (χ1n) is 3.59. The standard InChI is InChI=1S/C8H6ClNO4/c9-5-3-4(1-2-10-5)6(7(11)12)8(13)14/h1-3,6H,(H,11,12)(H,13,14). The second-order valence-corrected chi connectivity index (χ2v) is 2.91. The monoisotopic (exact) mass is 215 g/mol. The van der Waals surface area contributed by atoms with Crippen molar-refractivity contribution < 1.29 is 19.8 Å². The summed E-state index contributed by atoms with van der Waals surface area (Å²) in [6.45, 7) is 0. The van der Waals surface area contributed by atoms with E-state index >= 15 is 0 Å². The first-order valence-corrected chi connectivity index (χ1v) is 3.97. The van der Waals surface area contributed by atoms with Gasteiger partial charge < -0.3 is 10.2 Å². The van der Waals surface area contributed by atoms with E-state index in [1.54, 1.807) is 0 Å². The maximum absolute atomic E-state index is 10.6. The van der Waals surface area contributed by atoms with E-state index in [0.717, 1.165) is 0 Å². The predicted octanol–water partition coefficient (Wildman–Crippen LogP) is 0.988. The summed E-state index contributed by atoms with van der Waals surface area (Å²) < 4.78 is 0. The molecule has 1 rings (SSSR count). The molecule has 1 heterocycles. The van der Waals surface area contributed by atoms with Gasteiger partial charge in [0.15, 0.2) is 5.92 Å². The zero-order chi connectivity index (χ0) is 10.7. The van der Waals surface area contributed by atoms with Crippen LogP contribution in [0.3, 0.4) is 0 Å². The lowest BCUT2D eigenvalue weighted by Crippen LogP contribution is -2.21. The Morgan fingerprint density at radius 2 is 1.93 bits per heavy atom. The number of carboxylic acids is 2. The summed E-state index contributed by atoms with van der Waals surface area (Å²) in [5.74, 6) is -4.46. The largest absolute Gasteiger partial charge is 0.480 e. The summed E-state index contributed by atoms with van der Waals surface area (Å²) in [5.41, 5.74) is 0.102. The molecule has 0 saturated carbocycles. The number of carboxylic acid groups (broad SMARTS) is 2. The lowest BCUT2D eigenvalue weighted by molar-refractivity contribution is -0.150. The minimum atomic E-state index is -1.60. The van der Waals surface area contributed by atoms with Gasteiger partial charge in [-0.3, -0.25) is 9.59 Å². The molecule has 0 aliphatic rings. The van der Waals surface area contributed by atoms with Gasteiger partial charge in [-0.25, -0.2) is 4.98 Å². The fraction of sp³-hybridized carbons (Fsp3) is 0.125. The van der Waals surface area contributed by atoms with Crippen molar-refractivity contribution in [1.82, 2.24) is 4.98 Å². The molecule has 0 unspecified atom stereocenters. The van der Waals surface area contributed by atoms with E-state index in [0.29, 0.717) is 0 Å². The smallest absolute Gasteiger partial charge is 0.322 e. The molecular formula is C8H6ClNO4. The number of aliphatic carboxylic acids is 2. The summed E-state index contributed by atoms with van der Waals surface area (Å²) in [6.07, 6.45) is 1.26. The fourth-order valence-corrected chi connectivity index (χ4v) is 1.17. The van der Waals surface area contributed by atoms with Crippen molar-refractivity contribution in [2.45, 2.75) is 5.92 Å². The zero-order valence-electron chi connectivity index (χ0n) is 6.85. The van der Waals surface area contributed by atoms with Crippen LogP contribution in [0, 0.1) is 0 Å². The first kappa shape index (κ1) is 10.5. The number of aromatic nitrogens is 1. The van der Waals surface area contributed by atoms with Crippen molar-refractivity contribution in [3.05, 3.63) is 29.0 Å². The molecule has 0 spiro atoms. The van der Waals surface area contributed by atoms with Gasteiger partial charge in [-0.1, -0.05) is 11.6 Å². The van der Waals surface area contributed by atoms with Crippen LogP contribution in [0.5, 0.6) is 0 Å². The van der Waals surface area contributed by atoms with Gasteiger partial charge >= 0.3 is 11.9 Å². The van der Waals surface area contributed by atoms with Gasteiger partial charge in [-0.15, -0.1) is 0 Å². The number of carbonyl (C=O) groups is 2. The molecule has 0 aromatic carbocycles. The molecular weight excluding hydrogens is 210 g/mol. The average Bonchev–Trinajstić information content (AvgIpc) is 2.02. The molecule has 0 atom stereocenters. The van der Waals surface area contributed by atoms with Gasteiger partial charge in [-0.2, -0.15) is 0 Å². The van der Waals surface area contributed by atoms with E-state index in [9.17, 15) is 9.59 Å². The summed E-state index contributed by atoms with van der Waals surface area (Å²) in [7, 11) is 0. The number of hydrogen-bond donors (Lipinski definition) is 2. The van der Waals surface area contributed by atoms with Crippen LogP contribution in [0.15, 0.2) is 18.3 Å². The van der Waals surface area contributed by atoms with Crippen molar-refractivity contribution in [3.63, 3.8) is 0 Å². The first-order chi connectivity index (χ1) is 6.52. The topological polar surface area (TPSA) is 87.5 Å². The zero-order valence-corrected chi connectivity index (χ0v) is 7.60. The lowest BCUT2D eigenvalue weighted by Gasteiger charge is -2.06. The molecule has 6 heteroatoms. The molecule has 0 aliphatic carbocycles. The Hall–Kier alpha value is -1.62. The number of hydrogen-bond acceptors (Lipinski definition) is 3. The minimum absolute atomic E-state index is 0.0648. The Balaban J connectivity index is 3.12. The van der Waals surface area contributed by atoms with Crippen LogP contribution in [0.25, 0.3) is 0 Å². The van der Waals surface area contributed by atoms with Crippen LogP contribution >= 0.6 is 11.6 Å². The van der Waals surface area contributed by atoms with Gasteiger partial charge in [0.2, 0.25) is 0 Å². The quantitative estimate of drug-likeness (QED) is 0.580. The second-order valence-electron chi connectivity index (χ2n) is 2.52. The van der Waals surface area contributed by atoms with Crippen molar-refractivity contribution in [3.8, 4) is 0 Å². The third-order valence-corrected chi connectivity index (χ3v) is 1.78. The van der Waals surface area contributed by atoms with Gasteiger partial charge in [0, 0.05) is 6.20 Å². The van der Waals surface area contributed by atoms with E-state index in [2.05, 4.69) is 4.98 Å². The Morgan fingerprint density at radius 3 is 2.36 bits per heavy atom. The molecule has 0 fully saturated rings. The second kappa shape index (κ2) is 4.06. The molecule has 0 saturated heterocycles. The van der Waals surface area contributed by atoms with Gasteiger partial charge in [0.05, 0.1) is 0 Å². The van der Waals surface area contributed by atoms with E-state index < -0.39 is 17.9 Å². The number of nitrogens with zero attached hydrogens (tertiary/aromatic N) is 1. The van der Waals surface area contributed by atoms with Crippen molar-refractivity contribution >= 4 is 23.5 Å². The van der Waals surface area contributed by atoms with Crippen molar-refractivity contribution in [2.75, 3.05) is 0 Å². The normalized spacial score (nSPS) is 10.1. The average molecular weight is 216 g/mol. The van der Waals surface area contributed by atoms with E-state index in [1.165, 1.54) is 18.3 Å². The van der Waals surface area contributed by atoms with E-state index in [-0.39, 0.29) is 10.7 Å². The van der Waals surface area contributed by atoms with Gasteiger partial charge in [-0.05, 0) is 17.7 Å². The van der Waals surface area contributed by atoms with Gasteiger partial charge in [0.1, 0.15) is 5.15 Å². The predicted molar refractivity (Wildman–Crippen MR) is 47.3 cm³/mol. The van der Waals surface area contributed by atoms with Crippen LogP contribution < -0.4 is 0 Å². The molecule has 0 radical (unpaired) electrons. The highest BCUT2D eigenvalue weighted by atomic mass is 35.5. The maximum atomic E-state index is 10.6. The summed E-state index contributed by atoms with van der Waals surface area (Å²) in [4.78, 5) is 24.8. The highest BCUT2D eigenvalue weighted by molar-refractivity contribution is 6.29. The highest BCUT2D eigenvalue weighted by Gasteiger charge is 2.27. The molecule has 0 amide bonds. The fourth-order valence-electron chi connectivity index (χ4n) is 0.988. The van der Waals surface area contributed by atoms with Gasteiger partial charge in [0.25, 0.3) is 0 Å². The molecule has 74 valence electrons. The molecule has 1 aromatic rings. The number of rotatable bonds is 3. The maximum Gasteiger partial charge on any atom is 0.322 e. The Bertz CT molecular complexity index is 365. The van der Waals surface area contributed by atoms with Crippen LogP contribution in [-0.2, 0) is 9.59 Å². The minimum Gasteiger partial charge on any atom is -0.480 e. The number of pyridine rings is 1. The molecule has 5 nitrogen and oxygen atoms in total. The summed E-state index contributed by atoms with van der Waals surface area (Å²) >= 11 is 5.50. The molecule has 2 N–H and O–H groups in total. The Labute approximate surface area is 84.0 Å². The van der Waals surface area contributed by atoms with Crippen LogP contribution in [0.4, 0.5) is 0 Å². The molecule has 0 aliphatic heterocycles. The molecule has 0 bridgehead atoms. The highest BCUT2D eigenvalue weighted by Crippen LogP contribution is 2.18.